The molecule has 1 atom stereocenters. The van der Waals surface area contributed by atoms with Gasteiger partial charge in [0.25, 0.3) is 0 Å². The van der Waals surface area contributed by atoms with Crippen LogP contribution in [0.1, 0.15) is 45.6 Å². The van der Waals surface area contributed by atoms with Crippen molar-refractivity contribution < 1.29 is 14.6 Å². The number of alkyl carbamates (subject to hydrolysis) is 1. The Balaban J connectivity index is 1.63. The number of nitrogens with zero attached hydrogens (tertiary/aromatic N) is 3. The number of carbonyl (C=O) groups is 1. The van der Waals surface area contributed by atoms with E-state index in [1.807, 2.05) is 45.0 Å². The second kappa shape index (κ2) is 10.0. The Morgan fingerprint density at radius 1 is 1.26 bits per heavy atom. The lowest BCUT2D eigenvalue weighted by atomic mass is 9.99. The Morgan fingerprint density at radius 2 is 2.06 bits per heavy atom. The summed E-state index contributed by atoms with van der Waals surface area (Å²) in [6.07, 6.45) is 3.74. The second-order valence-electron chi connectivity index (χ2n) is 9.76. The third kappa shape index (κ3) is 5.60. The van der Waals surface area contributed by atoms with E-state index in [9.17, 15) is 15.2 Å². The molecule has 1 aliphatic heterocycles. The van der Waals surface area contributed by atoms with Crippen LogP contribution in [0.3, 0.4) is 0 Å². The Labute approximate surface area is 210 Å². The first-order valence-corrected chi connectivity index (χ1v) is 12.1. The van der Waals surface area contributed by atoms with Crippen LogP contribution < -0.4 is 10.2 Å². The number of rotatable bonds is 3. The largest absolute Gasteiger partial charge is 0.506 e. The Morgan fingerprint density at radius 3 is 2.80 bits per heavy atom. The fourth-order valence-corrected chi connectivity index (χ4v) is 4.72. The zero-order valence-corrected chi connectivity index (χ0v) is 20.9. The molecule has 1 aromatic heterocycles. The van der Waals surface area contributed by atoms with Crippen LogP contribution in [-0.4, -0.2) is 40.9 Å². The highest BCUT2D eigenvalue weighted by molar-refractivity contribution is 6.34. The molecule has 7 nitrogen and oxygen atoms in total. The van der Waals surface area contributed by atoms with Gasteiger partial charge in [-0.1, -0.05) is 29.8 Å². The van der Waals surface area contributed by atoms with Crippen LogP contribution in [0.5, 0.6) is 5.75 Å². The van der Waals surface area contributed by atoms with E-state index in [0.717, 1.165) is 48.0 Å². The molecule has 182 valence electrons. The lowest BCUT2D eigenvalue weighted by Gasteiger charge is -2.26. The summed E-state index contributed by atoms with van der Waals surface area (Å²) in [5, 5.41) is 24.3. The maximum Gasteiger partial charge on any atom is 0.407 e. The van der Waals surface area contributed by atoms with Gasteiger partial charge in [0.05, 0.1) is 21.8 Å². The molecule has 1 amide bonds. The molecule has 8 heteroatoms. The van der Waals surface area contributed by atoms with E-state index in [1.54, 1.807) is 24.4 Å². The number of halogens is 1. The van der Waals surface area contributed by atoms with E-state index in [1.165, 1.54) is 0 Å². The first kappa shape index (κ1) is 24.6. The Bertz CT molecular complexity index is 1300. The Hall–Kier alpha value is -3.50. The lowest BCUT2D eigenvalue weighted by molar-refractivity contribution is 0.0501. The zero-order valence-electron chi connectivity index (χ0n) is 20.1. The molecule has 0 radical (unpaired) electrons. The predicted molar refractivity (Wildman–Crippen MR) is 138 cm³/mol. The molecule has 0 aliphatic carbocycles. The number of hydrogen-bond acceptors (Lipinski definition) is 6. The molecular weight excluding hydrogens is 464 g/mol. The zero-order chi connectivity index (χ0) is 25.2. The molecular formula is C27H29ClN4O3. The van der Waals surface area contributed by atoms with Crippen molar-refractivity contribution in [3.63, 3.8) is 0 Å². The number of para-hydroxylation sites is 1. The summed E-state index contributed by atoms with van der Waals surface area (Å²) in [5.41, 5.74) is 2.71. The molecule has 0 saturated carbocycles. The highest BCUT2D eigenvalue weighted by atomic mass is 35.5. The molecule has 2 N–H and O–H groups in total. The standard InChI is InChI=1S/C27H29ClN4O3/c1-27(2,3)35-26(34)31-19-7-5-12-32(13-11-19)24-21-14-17(9-10-23(21)30-16-22(24)28)20-8-4-6-18(15-29)25(20)33/h4,6,8-10,14,16,19,33H,5,7,11-13H2,1-3H3,(H,31,34). The number of fused-ring (bicyclic) bond motifs is 1. The predicted octanol–water partition coefficient (Wildman–Crippen LogP) is 6.02. The summed E-state index contributed by atoms with van der Waals surface area (Å²) >= 11 is 6.67. The highest BCUT2D eigenvalue weighted by Gasteiger charge is 2.24. The fourth-order valence-electron chi connectivity index (χ4n) is 4.45. The first-order valence-electron chi connectivity index (χ1n) is 11.7. The van der Waals surface area contributed by atoms with E-state index < -0.39 is 11.7 Å². The number of nitriles is 1. The minimum absolute atomic E-state index is 0.0166. The van der Waals surface area contributed by atoms with Gasteiger partial charge in [0, 0.05) is 36.3 Å². The highest BCUT2D eigenvalue weighted by Crippen LogP contribution is 2.39. The van der Waals surface area contributed by atoms with Crippen molar-refractivity contribution >= 4 is 34.3 Å². The lowest BCUT2D eigenvalue weighted by Crippen LogP contribution is -2.39. The summed E-state index contributed by atoms with van der Waals surface area (Å²) in [4.78, 5) is 19.0. The molecule has 0 spiro atoms. The third-order valence-corrected chi connectivity index (χ3v) is 6.30. The monoisotopic (exact) mass is 492 g/mol. The van der Waals surface area contributed by atoms with Crippen molar-refractivity contribution in [1.29, 1.82) is 5.26 Å². The number of aromatic nitrogens is 1. The Kier molecular flexibility index (Phi) is 7.04. The number of phenols is 1. The molecule has 4 rings (SSSR count). The first-order chi connectivity index (χ1) is 16.7. The molecule has 0 bridgehead atoms. The number of ether oxygens (including phenoxy) is 1. The molecule has 3 aromatic rings. The third-order valence-electron chi connectivity index (χ3n) is 6.03. The van der Waals surface area contributed by atoms with Crippen LogP contribution in [0, 0.1) is 11.3 Å². The molecule has 2 heterocycles. The van der Waals surface area contributed by atoms with Crippen molar-refractivity contribution in [2.75, 3.05) is 18.0 Å². The number of pyridine rings is 1. The number of amides is 1. The molecule has 1 aliphatic rings. The van der Waals surface area contributed by atoms with E-state index >= 15 is 0 Å². The normalized spacial score (nSPS) is 16.4. The average Bonchev–Trinajstić information content (AvgIpc) is 3.03. The number of benzene rings is 2. The summed E-state index contributed by atoms with van der Waals surface area (Å²) in [6, 6.07) is 12.9. The average molecular weight is 493 g/mol. The molecule has 1 saturated heterocycles. The van der Waals surface area contributed by atoms with Crippen molar-refractivity contribution in [2.24, 2.45) is 0 Å². The van der Waals surface area contributed by atoms with Gasteiger partial charge in [-0.05, 0) is 63.8 Å². The van der Waals surface area contributed by atoms with Crippen LogP contribution in [0.2, 0.25) is 5.02 Å². The van der Waals surface area contributed by atoms with Gasteiger partial charge in [-0.15, -0.1) is 0 Å². The smallest absolute Gasteiger partial charge is 0.407 e. The number of phenolic OH excluding ortho intramolecular Hbond substituents is 1. The van der Waals surface area contributed by atoms with Gasteiger partial charge >= 0.3 is 6.09 Å². The van der Waals surface area contributed by atoms with Crippen molar-refractivity contribution in [1.82, 2.24) is 10.3 Å². The second-order valence-corrected chi connectivity index (χ2v) is 10.2. The minimum atomic E-state index is -0.538. The summed E-state index contributed by atoms with van der Waals surface area (Å²) in [6.45, 7) is 7.04. The van der Waals surface area contributed by atoms with Gasteiger partial charge in [0.15, 0.2) is 0 Å². The summed E-state index contributed by atoms with van der Waals surface area (Å²) < 4.78 is 5.42. The van der Waals surface area contributed by atoms with Crippen LogP contribution >= 0.6 is 11.6 Å². The quantitative estimate of drug-likeness (QED) is 0.464. The van der Waals surface area contributed by atoms with Crippen molar-refractivity contribution in [3.05, 3.63) is 53.2 Å². The SMILES string of the molecule is CC(C)(C)OC(=O)NC1CCCN(c2c(Cl)cnc3ccc(-c4cccc(C#N)c4O)cc23)CC1. The maximum absolute atomic E-state index is 12.2. The van der Waals surface area contributed by atoms with Crippen LogP contribution in [-0.2, 0) is 4.74 Å². The van der Waals surface area contributed by atoms with E-state index in [0.29, 0.717) is 17.1 Å². The van der Waals surface area contributed by atoms with E-state index in [4.69, 9.17) is 16.3 Å². The van der Waals surface area contributed by atoms with E-state index in [2.05, 4.69) is 15.2 Å². The number of carbonyl (C=O) groups excluding carboxylic acids is 1. The van der Waals surface area contributed by atoms with Crippen LogP contribution in [0.25, 0.3) is 22.0 Å². The van der Waals surface area contributed by atoms with Gasteiger partial charge in [-0.25, -0.2) is 4.79 Å². The van der Waals surface area contributed by atoms with Gasteiger partial charge in [0.2, 0.25) is 0 Å². The van der Waals surface area contributed by atoms with E-state index in [-0.39, 0.29) is 17.4 Å². The van der Waals surface area contributed by atoms with Gasteiger partial charge in [-0.3, -0.25) is 4.98 Å². The maximum atomic E-state index is 12.2. The van der Waals surface area contributed by atoms with Crippen molar-refractivity contribution in [3.8, 4) is 22.9 Å². The summed E-state index contributed by atoms with van der Waals surface area (Å²) in [5.74, 6) is -0.0447. The molecule has 35 heavy (non-hydrogen) atoms. The van der Waals surface area contributed by atoms with Crippen molar-refractivity contribution in [2.45, 2.75) is 51.7 Å². The van der Waals surface area contributed by atoms with Gasteiger partial charge in [-0.2, -0.15) is 5.26 Å². The molecule has 2 aromatic carbocycles. The van der Waals surface area contributed by atoms with Gasteiger partial charge < -0.3 is 20.1 Å². The number of anilines is 1. The minimum Gasteiger partial charge on any atom is -0.506 e. The number of nitrogens with one attached hydrogen (secondary N) is 1. The molecule has 1 unspecified atom stereocenters. The fraction of sp³-hybridized carbons (Fsp3) is 0.370. The topological polar surface area (TPSA) is 98.5 Å². The summed E-state index contributed by atoms with van der Waals surface area (Å²) in [7, 11) is 0. The number of aromatic hydroxyl groups is 1. The molecule has 1 fully saturated rings. The van der Waals surface area contributed by atoms with Gasteiger partial charge in [0.1, 0.15) is 17.4 Å². The van der Waals surface area contributed by atoms with Crippen LogP contribution in [0.4, 0.5) is 10.5 Å². The number of hydrogen-bond donors (Lipinski definition) is 2. The van der Waals surface area contributed by atoms with Crippen LogP contribution in [0.15, 0.2) is 42.6 Å².